The Morgan fingerprint density at radius 2 is 1.97 bits per heavy atom. The summed E-state index contributed by atoms with van der Waals surface area (Å²) in [5, 5.41) is 8.84. The number of ether oxygens (including phenoxy) is 1. The predicted octanol–water partition coefficient (Wildman–Crippen LogP) is 5.66. The lowest BCUT2D eigenvalue weighted by atomic mass is 9.73. The summed E-state index contributed by atoms with van der Waals surface area (Å²) in [6.45, 7) is 6.81. The van der Waals surface area contributed by atoms with Gasteiger partial charge in [-0.2, -0.15) is 4.98 Å². The number of anilines is 1. The zero-order valence-corrected chi connectivity index (χ0v) is 19.1. The van der Waals surface area contributed by atoms with Crippen molar-refractivity contribution in [3.8, 4) is 17.1 Å². The van der Waals surface area contributed by atoms with Crippen molar-refractivity contribution < 1.29 is 9.53 Å². The third-order valence-electron chi connectivity index (χ3n) is 5.92. The molecule has 6 nitrogen and oxygen atoms in total. The van der Waals surface area contributed by atoms with E-state index in [9.17, 15) is 4.79 Å². The summed E-state index contributed by atoms with van der Waals surface area (Å²) in [7, 11) is 0. The number of ketones is 1. The maximum atomic E-state index is 13.3. The maximum Gasteiger partial charge on any atom is 0.226 e. The minimum absolute atomic E-state index is 0.107. The molecule has 5 rings (SSSR count). The van der Waals surface area contributed by atoms with Gasteiger partial charge >= 0.3 is 0 Å². The molecule has 0 spiro atoms. The van der Waals surface area contributed by atoms with E-state index in [4.69, 9.17) is 26.4 Å². The fourth-order valence-electron chi connectivity index (χ4n) is 4.58. The number of hydrogen-bond acceptors (Lipinski definition) is 5. The van der Waals surface area contributed by atoms with Gasteiger partial charge in [-0.1, -0.05) is 49.7 Å². The molecular weight excluding hydrogens is 424 g/mol. The number of allylic oxidation sites excluding steroid dienone is 2. The van der Waals surface area contributed by atoms with Crippen LogP contribution in [-0.2, 0) is 4.79 Å². The van der Waals surface area contributed by atoms with Crippen LogP contribution in [0.2, 0.25) is 5.02 Å². The molecule has 0 saturated heterocycles. The minimum atomic E-state index is -0.346. The summed E-state index contributed by atoms with van der Waals surface area (Å²) < 4.78 is 7.43. The molecular formula is C25H25ClN4O2. The first kappa shape index (κ1) is 20.8. The first-order chi connectivity index (χ1) is 15.3. The third-order valence-corrected chi connectivity index (χ3v) is 6.16. The molecule has 1 atom stereocenters. The van der Waals surface area contributed by atoms with E-state index in [0.29, 0.717) is 29.8 Å². The van der Waals surface area contributed by atoms with Crippen molar-refractivity contribution >= 4 is 23.3 Å². The van der Waals surface area contributed by atoms with Crippen molar-refractivity contribution in [1.29, 1.82) is 0 Å². The lowest BCUT2D eigenvalue weighted by molar-refractivity contribution is -0.118. The van der Waals surface area contributed by atoms with Gasteiger partial charge < -0.3 is 10.1 Å². The SMILES string of the molecule is CCOc1ccc([C@@H]2C3=C(CC(C)(C)CC3=O)Nc3nc(-c4cccc(Cl)c4)nn32)cc1. The van der Waals surface area contributed by atoms with Gasteiger partial charge in [0.1, 0.15) is 11.8 Å². The number of rotatable bonds is 4. The summed E-state index contributed by atoms with van der Waals surface area (Å²) in [5.74, 6) is 2.14. The molecule has 164 valence electrons. The number of carbonyl (C=O) groups excluding carboxylic acids is 1. The molecule has 1 aliphatic carbocycles. The molecule has 0 radical (unpaired) electrons. The van der Waals surface area contributed by atoms with Gasteiger partial charge in [0.2, 0.25) is 5.95 Å². The Bertz CT molecular complexity index is 1230. The summed E-state index contributed by atoms with van der Waals surface area (Å²) in [5.41, 5.74) is 3.39. The first-order valence-electron chi connectivity index (χ1n) is 10.8. The monoisotopic (exact) mass is 448 g/mol. The molecule has 1 N–H and O–H groups in total. The molecule has 7 heteroatoms. The van der Waals surface area contributed by atoms with E-state index in [1.54, 1.807) is 0 Å². The topological polar surface area (TPSA) is 69.0 Å². The van der Waals surface area contributed by atoms with Crippen molar-refractivity contribution in [2.45, 2.75) is 39.7 Å². The van der Waals surface area contributed by atoms with Crippen LogP contribution in [0.4, 0.5) is 5.95 Å². The van der Waals surface area contributed by atoms with Gasteiger partial charge in [-0.05, 0) is 48.6 Å². The number of aromatic nitrogens is 3. The van der Waals surface area contributed by atoms with Crippen molar-refractivity contribution in [2.75, 3.05) is 11.9 Å². The van der Waals surface area contributed by atoms with Gasteiger partial charge in [0, 0.05) is 28.3 Å². The number of nitrogens with zero attached hydrogens (tertiary/aromatic N) is 3. The van der Waals surface area contributed by atoms with Gasteiger partial charge in [0.05, 0.1) is 6.61 Å². The van der Waals surface area contributed by atoms with Crippen LogP contribution in [0.1, 0.15) is 45.2 Å². The molecule has 32 heavy (non-hydrogen) atoms. The number of hydrogen-bond donors (Lipinski definition) is 1. The lowest BCUT2D eigenvalue weighted by Gasteiger charge is -2.38. The Kier molecular flexibility index (Phi) is 5.05. The zero-order chi connectivity index (χ0) is 22.5. The second kappa shape index (κ2) is 7.78. The highest BCUT2D eigenvalue weighted by Gasteiger charge is 2.41. The molecule has 1 aromatic heterocycles. The smallest absolute Gasteiger partial charge is 0.226 e. The lowest BCUT2D eigenvalue weighted by Crippen LogP contribution is -2.36. The zero-order valence-electron chi connectivity index (χ0n) is 18.4. The normalized spacial score (nSPS) is 19.2. The number of fused-ring (bicyclic) bond motifs is 1. The van der Waals surface area contributed by atoms with Gasteiger partial charge in [0.25, 0.3) is 0 Å². The van der Waals surface area contributed by atoms with Crippen molar-refractivity contribution in [2.24, 2.45) is 5.41 Å². The molecule has 0 bridgehead atoms. The molecule has 1 aliphatic heterocycles. The highest BCUT2D eigenvalue weighted by Crippen LogP contribution is 2.45. The molecule has 3 aromatic rings. The van der Waals surface area contributed by atoms with Crippen LogP contribution in [0.15, 0.2) is 59.8 Å². The summed E-state index contributed by atoms with van der Waals surface area (Å²) in [6.07, 6.45) is 1.28. The largest absolute Gasteiger partial charge is 0.494 e. The number of Topliss-reactive ketones (excluding diaryl/α,β-unsaturated/α-hetero) is 1. The molecule has 0 saturated carbocycles. The van der Waals surface area contributed by atoms with Crippen LogP contribution in [-0.4, -0.2) is 27.2 Å². The second-order valence-electron chi connectivity index (χ2n) is 9.08. The maximum absolute atomic E-state index is 13.3. The van der Waals surface area contributed by atoms with Crippen LogP contribution in [0.3, 0.4) is 0 Å². The van der Waals surface area contributed by atoms with Crippen molar-refractivity contribution in [3.05, 3.63) is 70.4 Å². The summed E-state index contributed by atoms with van der Waals surface area (Å²) in [6, 6.07) is 15.0. The van der Waals surface area contributed by atoms with Crippen molar-refractivity contribution in [3.63, 3.8) is 0 Å². The van der Waals surface area contributed by atoms with E-state index >= 15 is 0 Å². The highest BCUT2D eigenvalue weighted by molar-refractivity contribution is 6.30. The number of carbonyl (C=O) groups is 1. The molecule has 0 amide bonds. The standard InChI is InChI=1S/C25H25ClN4O2/c1-4-32-18-10-8-15(9-11-18)22-21-19(13-25(2,3)14-20(21)31)27-24-28-23(29-30(22)24)16-6-5-7-17(26)12-16/h5-12,22H,4,13-14H2,1-3H3,(H,27,28,29)/t22-/m1/s1. The van der Waals surface area contributed by atoms with Crippen molar-refractivity contribution in [1.82, 2.24) is 14.8 Å². The van der Waals surface area contributed by atoms with Crippen LogP contribution < -0.4 is 10.1 Å². The average molecular weight is 449 g/mol. The molecule has 2 heterocycles. The molecule has 2 aromatic carbocycles. The fraction of sp³-hybridized carbons (Fsp3) is 0.320. The Hall–Kier alpha value is -3.12. The fourth-order valence-corrected chi connectivity index (χ4v) is 4.77. The number of nitrogens with one attached hydrogen (secondary N) is 1. The average Bonchev–Trinajstić information content (AvgIpc) is 3.16. The number of benzene rings is 2. The van der Waals surface area contributed by atoms with Gasteiger partial charge in [0.15, 0.2) is 11.6 Å². The molecule has 0 unspecified atom stereocenters. The highest BCUT2D eigenvalue weighted by atomic mass is 35.5. The number of halogens is 1. The first-order valence-corrected chi connectivity index (χ1v) is 11.2. The van der Waals surface area contributed by atoms with Gasteiger partial charge in [-0.3, -0.25) is 4.79 Å². The minimum Gasteiger partial charge on any atom is -0.494 e. The van der Waals surface area contributed by atoms with E-state index < -0.39 is 0 Å². The van der Waals surface area contributed by atoms with Gasteiger partial charge in [-0.25, -0.2) is 4.68 Å². The Morgan fingerprint density at radius 1 is 1.19 bits per heavy atom. The van der Waals surface area contributed by atoms with E-state index in [1.165, 1.54) is 0 Å². The quantitative estimate of drug-likeness (QED) is 0.558. The Labute approximate surface area is 192 Å². The van der Waals surface area contributed by atoms with E-state index in [1.807, 2.05) is 60.1 Å². The molecule has 2 aliphatic rings. The van der Waals surface area contributed by atoms with E-state index in [-0.39, 0.29) is 17.2 Å². The molecule has 0 fully saturated rings. The van der Waals surface area contributed by atoms with E-state index in [0.717, 1.165) is 34.6 Å². The summed E-state index contributed by atoms with van der Waals surface area (Å²) >= 11 is 6.19. The van der Waals surface area contributed by atoms with Crippen LogP contribution >= 0.6 is 11.6 Å². The van der Waals surface area contributed by atoms with Gasteiger partial charge in [-0.15, -0.1) is 5.10 Å². The summed E-state index contributed by atoms with van der Waals surface area (Å²) in [4.78, 5) is 18.1. The predicted molar refractivity (Wildman–Crippen MR) is 125 cm³/mol. The van der Waals surface area contributed by atoms with E-state index in [2.05, 4.69) is 19.2 Å². The van der Waals surface area contributed by atoms with Crippen LogP contribution in [0.5, 0.6) is 5.75 Å². The third kappa shape index (κ3) is 3.69. The van der Waals surface area contributed by atoms with Crippen LogP contribution in [0, 0.1) is 5.41 Å². The second-order valence-corrected chi connectivity index (χ2v) is 9.51. The Morgan fingerprint density at radius 3 is 2.69 bits per heavy atom. The van der Waals surface area contributed by atoms with Crippen LogP contribution in [0.25, 0.3) is 11.4 Å². The Balaban J connectivity index is 1.64.